The van der Waals surface area contributed by atoms with Crippen molar-refractivity contribution in [3.05, 3.63) is 29.8 Å². The van der Waals surface area contributed by atoms with Crippen molar-refractivity contribution in [2.24, 2.45) is 0 Å². The highest BCUT2D eigenvalue weighted by Crippen LogP contribution is 2.35. The molecule has 0 spiro atoms. The number of esters is 1. The average molecular weight is 262 g/mol. The van der Waals surface area contributed by atoms with E-state index in [1.54, 1.807) is 0 Å². The molecule has 1 aromatic rings. The Morgan fingerprint density at radius 3 is 2.53 bits per heavy atom. The van der Waals surface area contributed by atoms with Gasteiger partial charge in [-0.1, -0.05) is 18.6 Å². The van der Waals surface area contributed by atoms with Gasteiger partial charge < -0.3 is 9.47 Å². The summed E-state index contributed by atoms with van der Waals surface area (Å²) in [6, 6.07) is 8.19. The van der Waals surface area contributed by atoms with Crippen LogP contribution in [0.2, 0.25) is 0 Å². The van der Waals surface area contributed by atoms with E-state index in [1.165, 1.54) is 18.9 Å². The van der Waals surface area contributed by atoms with Crippen molar-refractivity contribution in [1.29, 1.82) is 0 Å². The Morgan fingerprint density at radius 2 is 1.89 bits per heavy atom. The Hall–Kier alpha value is -1.51. The maximum absolute atomic E-state index is 11.2. The Balaban J connectivity index is 2.10. The molecule has 0 amide bonds. The van der Waals surface area contributed by atoms with Crippen LogP contribution in [0.25, 0.3) is 0 Å². The maximum Gasteiger partial charge on any atom is 0.302 e. The number of benzene rings is 1. The van der Waals surface area contributed by atoms with E-state index in [0.717, 1.165) is 25.0 Å². The normalized spacial score (nSPS) is 22.8. The van der Waals surface area contributed by atoms with E-state index in [4.69, 9.17) is 9.47 Å². The molecule has 3 nitrogen and oxygen atoms in total. The minimum absolute atomic E-state index is 0.0317. The lowest BCUT2D eigenvalue weighted by molar-refractivity contribution is -0.148. The van der Waals surface area contributed by atoms with Gasteiger partial charge in [0.2, 0.25) is 0 Å². The van der Waals surface area contributed by atoms with Gasteiger partial charge in [-0.2, -0.15) is 0 Å². The average Bonchev–Trinajstić information content (AvgIpc) is 2.40. The first kappa shape index (κ1) is 13.9. The zero-order valence-corrected chi connectivity index (χ0v) is 11.7. The summed E-state index contributed by atoms with van der Waals surface area (Å²) in [6.45, 7) is 4.15. The first-order valence-electron chi connectivity index (χ1n) is 7.10. The molecule has 1 aromatic carbocycles. The van der Waals surface area contributed by atoms with Crippen LogP contribution in [0.15, 0.2) is 24.3 Å². The largest absolute Gasteiger partial charge is 0.494 e. The molecule has 0 radical (unpaired) electrons. The molecule has 1 aliphatic carbocycles. The predicted octanol–water partition coefficient (Wildman–Crippen LogP) is 3.67. The third-order valence-electron chi connectivity index (χ3n) is 3.64. The minimum Gasteiger partial charge on any atom is -0.494 e. The Bertz CT molecular complexity index is 411. The van der Waals surface area contributed by atoms with Crippen LogP contribution in [-0.4, -0.2) is 18.7 Å². The molecule has 1 saturated carbocycles. The number of carbonyl (C=O) groups is 1. The predicted molar refractivity (Wildman–Crippen MR) is 74.4 cm³/mol. The molecule has 0 aromatic heterocycles. The monoisotopic (exact) mass is 262 g/mol. The zero-order valence-electron chi connectivity index (χ0n) is 11.7. The van der Waals surface area contributed by atoms with Gasteiger partial charge in [-0.15, -0.1) is 0 Å². The van der Waals surface area contributed by atoms with E-state index >= 15 is 0 Å². The van der Waals surface area contributed by atoms with Gasteiger partial charge >= 0.3 is 5.97 Å². The molecule has 19 heavy (non-hydrogen) atoms. The van der Waals surface area contributed by atoms with Crippen LogP contribution in [0.5, 0.6) is 5.75 Å². The Labute approximate surface area is 114 Å². The van der Waals surface area contributed by atoms with Crippen molar-refractivity contribution in [3.8, 4) is 5.75 Å². The summed E-state index contributed by atoms with van der Waals surface area (Å²) >= 11 is 0. The smallest absolute Gasteiger partial charge is 0.302 e. The second-order valence-corrected chi connectivity index (χ2v) is 5.04. The number of carbonyl (C=O) groups excluding carboxylic acids is 1. The van der Waals surface area contributed by atoms with E-state index < -0.39 is 0 Å². The lowest BCUT2D eigenvalue weighted by Crippen LogP contribution is -2.27. The maximum atomic E-state index is 11.2. The van der Waals surface area contributed by atoms with E-state index in [0.29, 0.717) is 12.5 Å². The van der Waals surface area contributed by atoms with Crippen LogP contribution >= 0.6 is 0 Å². The van der Waals surface area contributed by atoms with Gasteiger partial charge in [0.05, 0.1) is 6.61 Å². The summed E-state index contributed by atoms with van der Waals surface area (Å²) < 4.78 is 10.9. The topological polar surface area (TPSA) is 35.5 Å². The third kappa shape index (κ3) is 3.72. The molecule has 0 aliphatic heterocycles. The SMILES string of the molecule is CCOc1ccc(C2CCCCC2OC(C)=O)cc1. The molecule has 0 saturated heterocycles. The molecular weight excluding hydrogens is 240 g/mol. The van der Waals surface area contributed by atoms with Gasteiger partial charge in [0, 0.05) is 12.8 Å². The number of ether oxygens (including phenoxy) is 2. The quantitative estimate of drug-likeness (QED) is 0.777. The highest BCUT2D eigenvalue weighted by atomic mass is 16.5. The van der Waals surface area contributed by atoms with Gasteiger partial charge in [0.15, 0.2) is 0 Å². The molecule has 2 unspecified atom stereocenters. The standard InChI is InChI=1S/C16H22O3/c1-3-18-14-10-8-13(9-11-14)15-6-4-5-7-16(15)19-12(2)17/h8-11,15-16H,3-7H2,1-2H3. The van der Waals surface area contributed by atoms with Crippen molar-refractivity contribution in [2.75, 3.05) is 6.61 Å². The van der Waals surface area contributed by atoms with Gasteiger partial charge in [0.25, 0.3) is 0 Å². The molecule has 0 heterocycles. The molecular formula is C16H22O3. The van der Waals surface area contributed by atoms with E-state index in [-0.39, 0.29) is 12.1 Å². The second kappa shape index (κ2) is 6.60. The summed E-state index contributed by atoms with van der Waals surface area (Å²) in [6.07, 6.45) is 4.44. The van der Waals surface area contributed by atoms with Crippen LogP contribution in [0.1, 0.15) is 51.0 Å². The van der Waals surface area contributed by atoms with Gasteiger partial charge in [-0.3, -0.25) is 4.79 Å². The van der Waals surface area contributed by atoms with Crippen LogP contribution in [0.4, 0.5) is 0 Å². The van der Waals surface area contributed by atoms with Crippen LogP contribution in [0.3, 0.4) is 0 Å². The summed E-state index contributed by atoms with van der Waals surface area (Å²) in [7, 11) is 0. The van der Waals surface area contributed by atoms with Crippen LogP contribution in [-0.2, 0) is 9.53 Å². The van der Waals surface area contributed by atoms with Crippen LogP contribution in [0, 0.1) is 0 Å². The Kier molecular flexibility index (Phi) is 4.83. The highest BCUT2D eigenvalue weighted by molar-refractivity contribution is 5.66. The second-order valence-electron chi connectivity index (χ2n) is 5.04. The molecule has 3 heteroatoms. The van der Waals surface area contributed by atoms with Crippen molar-refractivity contribution < 1.29 is 14.3 Å². The Morgan fingerprint density at radius 1 is 1.21 bits per heavy atom. The summed E-state index contributed by atoms with van der Waals surface area (Å²) in [5.74, 6) is 1.04. The first-order valence-corrected chi connectivity index (χ1v) is 7.10. The van der Waals surface area contributed by atoms with Gasteiger partial charge in [0.1, 0.15) is 11.9 Å². The molecule has 0 bridgehead atoms. The lowest BCUT2D eigenvalue weighted by Gasteiger charge is -2.31. The summed E-state index contributed by atoms with van der Waals surface area (Å²) in [5.41, 5.74) is 1.24. The van der Waals surface area contributed by atoms with Crippen molar-refractivity contribution in [3.63, 3.8) is 0 Å². The van der Waals surface area contributed by atoms with Gasteiger partial charge in [-0.05, 0) is 43.9 Å². The first-order chi connectivity index (χ1) is 9.20. The summed E-state index contributed by atoms with van der Waals surface area (Å²) in [5, 5.41) is 0. The zero-order chi connectivity index (χ0) is 13.7. The van der Waals surface area contributed by atoms with E-state index in [9.17, 15) is 4.79 Å². The molecule has 0 N–H and O–H groups in total. The number of hydrogen-bond acceptors (Lipinski definition) is 3. The number of rotatable bonds is 4. The van der Waals surface area contributed by atoms with Crippen molar-refractivity contribution in [2.45, 2.75) is 51.6 Å². The van der Waals surface area contributed by atoms with E-state index in [2.05, 4.69) is 12.1 Å². The third-order valence-corrected chi connectivity index (χ3v) is 3.64. The molecule has 1 fully saturated rings. The molecule has 2 rings (SSSR count). The minimum atomic E-state index is -0.178. The fourth-order valence-corrected chi connectivity index (χ4v) is 2.81. The fraction of sp³-hybridized carbons (Fsp3) is 0.562. The summed E-state index contributed by atoms with van der Waals surface area (Å²) in [4.78, 5) is 11.2. The molecule has 2 atom stereocenters. The van der Waals surface area contributed by atoms with Crippen molar-refractivity contribution in [1.82, 2.24) is 0 Å². The molecule has 1 aliphatic rings. The van der Waals surface area contributed by atoms with E-state index in [1.807, 2.05) is 19.1 Å². The lowest BCUT2D eigenvalue weighted by atomic mass is 9.81. The van der Waals surface area contributed by atoms with Crippen LogP contribution < -0.4 is 4.74 Å². The highest BCUT2D eigenvalue weighted by Gasteiger charge is 2.28. The number of hydrogen-bond donors (Lipinski definition) is 0. The van der Waals surface area contributed by atoms with Gasteiger partial charge in [-0.25, -0.2) is 0 Å². The van der Waals surface area contributed by atoms with Crippen molar-refractivity contribution >= 4 is 5.97 Å². The molecule has 104 valence electrons. The fourth-order valence-electron chi connectivity index (χ4n) is 2.81.